The number of primary amides is 1. The number of ketones is 2. The Balaban J connectivity index is 1.38. The lowest BCUT2D eigenvalue weighted by molar-refractivity contribution is -0.142. The van der Waals surface area contributed by atoms with Gasteiger partial charge in [0.15, 0.2) is 5.78 Å². The van der Waals surface area contributed by atoms with Gasteiger partial charge in [-0.05, 0) is 51.4 Å². The molecule has 1 aliphatic heterocycles. The van der Waals surface area contributed by atoms with E-state index in [1.165, 1.54) is 16.7 Å². The maximum atomic E-state index is 13.7. The number of nitrogens with two attached hydrogens (primary N) is 1. The van der Waals surface area contributed by atoms with Crippen LogP contribution in [0.2, 0.25) is 0 Å². The number of carbonyl (C=O) groups is 9. The molecular weight excluding hydrogens is 684 g/mol. The van der Waals surface area contributed by atoms with Crippen LogP contribution in [-0.2, 0) is 38.4 Å². The van der Waals surface area contributed by atoms with E-state index in [-0.39, 0.29) is 43.3 Å². The molecule has 2 saturated carbocycles. The summed E-state index contributed by atoms with van der Waals surface area (Å²) in [5.41, 5.74) is 5.59. The molecule has 0 bridgehead atoms. The average molecular weight is 731 g/mol. The van der Waals surface area contributed by atoms with Gasteiger partial charge < -0.3 is 37.2 Å². The topological polar surface area (TPSA) is 256 Å². The zero-order chi connectivity index (χ0) is 37.2. The Morgan fingerprint density at radius 3 is 2.29 bits per heavy atom. The zero-order valence-electron chi connectivity index (χ0n) is 28.8. The lowest BCUT2D eigenvalue weighted by Crippen LogP contribution is -2.57. The number of hydrogen-bond donors (Lipinski definition) is 6. The van der Waals surface area contributed by atoms with Crippen molar-refractivity contribution in [3.05, 3.63) is 16.1 Å². The lowest BCUT2D eigenvalue weighted by atomic mass is 9.83. The highest BCUT2D eigenvalue weighted by Gasteiger charge is 2.42. The molecule has 3 fully saturated rings. The number of amides is 7. The number of thiazole rings is 1. The summed E-state index contributed by atoms with van der Waals surface area (Å²) in [6.07, 6.45) is 5.01. The number of aromatic nitrogens is 1. The Morgan fingerprint density at radius 1 is 0.980 bits per heavy atom. The van der Waals surface area contributed by atoms with E-state index in [1.54, 1.807) is 13.8 Å². The highest BCUT2D eigenvalue weighted by molar-refractivity contribution is 7.09. The zero-order valence-corrected chi connectivity index (χ0v) is 29.6. The average Bonchev–Trinajstić information content (AvgIpc) is 3.67. The van der Waals surface area contributed by atoms with Gasteiger partial charge in [-0.15, -0.1) is 11.3 Å². The van der Waals surface area contributed by atoms with Crippen molar-refractivity contribution in [3.63, 3.8) is 0 Å². The van der Waals surface area contributed by atoms with E-state index in [0.717, 1.165) is 49.8 Å². The van der Waals surface area contributed by atoms with E-state index in [4.69, 9.17) is 5.73 Å². The van der Waals surface area contributed by atoms with Crippen molar-refractivity contribution >= 4 is 64.3 Å². The number of rotatable bonds is 17. The minimum atomic E-state index is -1.34. The Hall–Kier alpha value is -4.74. The van der Waals surface area contributed by atoms with Gasteiger partial charge in [-0.1, -0.05) is 26.2 Å². The lowest BCUT2D eigenvalue weighted by Gasteiger charge is -2.29. The SMILES string of the molecule is CC[C@H](NC(=O)[C@H](CCC(=O)C(=O)NC1CC1)NC(=O)c1csc(C)n1)C(=O)N1CC(=O)C[C@H]1C(=O)NCC(=O)NC(C(N)=O)C1CCCCC1. The molecule has 1 aromatic heterocycles. The number of aryl methyl sites for hydroxylation is 1. The molecule has 7 N–H and O–H groups in total. The van der Waals surface area contributed by atoms with E-state index >= 15 is 0 Å². The summed E-state index contributed by atoms with van der Waals surface area (Å²) < 4.78 is 0. The molecule has 18 heteroatoms. The van der Waals surface area contributed by atoms with Crippen LogP contribution in [0.3, 0.4) is 0 Å². The van der Waals surface area contributed by atoms with E-state index in [0.29, 0.717) is 5.01 Å². The van der Waals surface area contributed by atoms with Crippen LogP contribution in [0.4, 0.5) is 0 Å². The minimum absolute atomic E-state index is 0.0380. The highest BCUT2D eigenvalue weighted by atomic mass is 32.1. The summed E-state index contributed by atoms with van der Waals surface area (Å²) in [6.45, 7) is 2.37. The molecule has 2 heterocycles. The maximum Gasteiger partial charge on any atom is 0.287 e. The summed E-state index contributed by atoms with van der Waals surface area (Å²) in [6, 6.07) is -4.77. The second-order valence-electron chi connectivity index (χ2n) is 13.2. The molecule has 1 unspecified atom stereocenters. The van der Waals surface area contributed by atoms with Crippen molar-refractivity contribution in [2.75, 3.05) is 13.1 Å². The normalized spacial score (nSPS) is 19.3. The van der Waals surface area contributed by atoms with Crippen LogP contribution in [0, 0.1) is 12.8 Å². The molecule has 278 valence electrons. The molecule has 0 radical (unpaired) electrons. The van der Waals surface area contributed by atoms with Crippen molar-refractivity contribution in [1.82, 2.24) is 36.5 Å². The second kappa shape index (κ2) is 18.0. The largest absolute Gasteiger partial charge is 0.368 e. The molecule has 4 rings (SSSR count). The van der Waals surface area contributed by atoms with E-state index < -0.39 is 90.2 Å². The van der Waals surface area contributed by atoms with Crippen LogP contribution in [0.5, 0.6) is 0 Å². The van der Waals surface area contributed by atoms with Crippen LogP contribution < -0.4 is 32.3 Å². The van der Waals surface area contributed by atoms with Gasteiger partial charge in [0.05, 0.1) is 18.1 Å². The number of likely N-dealkylation sites (tertiary alicyclic amines) is 1. The van der Waals surface area contributed by atoms with Crippen LogP contribution >= 0.6 is 11.3 Å². The number of hydrogen-bond acceptors (Lipinski definition) is 11. The minimum Gasteiger partial charge on any atom is -0.368 e. The third-order valence-electron chi connectivity index (χ3n) is 9.22. The fourth-order valence-electron chi connectivity index (χ4n) is 6.22. The molecule has 17 nitrogen and oxygen atoms in total. The quantitative estimate of drug-likeness (QED) is 0.106. The molecule has 0 aromatic carbocycles. The third kappa shape index (κ3) is 11.1. The Kier molecular flexibility index (Phi) is 13.8. The van der Waals surface area contributed by atoms with Crippen LogP contribution in [0.25, 0.3) is 0 Å². The summed E-state index contributed by atoms with van der Waals surface area (Å²) in [7, 11) is 0. The first-order valence-corrected chi connectivity index (χ1v) is 18.2. The Bertz CT molecular complexity index is 1540. The van der Waals surface area contributed by atoms with Gasteiger partial charge in [0.25, 0.3) is 11.8 Å². The standard InChI is InChI=1S/C33H46N8O9S/c1-3-21(38-29(46)22(39-30(47)23-16-51-17(2)36-23)11-12-25(43)32(49)37-19-9-10-19)33(50)41-15-20(42)13-24(41)31(48)35-14-26(44)40-27(28(34)45)18-7-5-4-6-8-18/h16,18-19,21-22,24,27H,3-15H2,1-2H3,(H2,34,45)(H,35,48)(H,37,49)(H,38,46)(H,39,47)(H,40,44)/t21-,22-,24-,27?/m0/s1. The van der Waals surface area contributed by atoms with E-state index in [2.05, 4.69) is 31.6 Å². The summed E-state index contributed by atoms with van der Waals surface area (Å²) >= 11 is 1.22. The second-order valence-corrected chi connectivity index (χ2v) is 14.3. The first kappa shape index (κ1) is 39.1. The summed E-state index contributed by atoms with van der Waals surface area (Å²) in [5, 5.41) is 14.8. The van der Waals surface area contributed by atoms with Gasteiger partial charge in [-0.2, -0.15) is 0 Å². The van der Waals surface area contributed by atoms with Crippen molar-refractivity contribution in [2.24, 2.45) is 11.7 Å². The molecule has 2 aliphatic carbocycles. The third-order valence-corrected chi connectivity index (χ3v) is 9.99. The first-order chi connectivity index (χ1) is 24.3. The van der Waals surface area contributed by atoms with Gasteiger partial charge in [-0.3, -0.25) is 43.2 Å². The molecule has 1 aromatic rings. The number of nitrogens with one attached hydrogen (secondary N) is 5. The van der Waals surface area contributed by atoms with E-state index in [9.17, 15) is 43.2 Å². The summed E-state index contributed by atoms with van der Waals surface area (Å²) in [4.78, 5) is 120. The van der Waals surface area contributed by atoms with Crippen LogP contribution in [-0.4, -0.2) is 106 Å². The molecule has 3 aliphatic rings. The molecule has 51 heavy (non-hydrogen) atoms. The van der Waals surface area contributed by atoms with Gasteiger partial charge in [0, 0.05) is 24.3 Å². The molecule has 1 saturated heterocycles. The highest BCUT2D eigenvalue weighted by Crippen LogP contribution is 2.26. The fraction of sp³-hybridized carbons (Fsp3) is 0.636. The predicted molar refractivity (Wildman–Crippen MR) is 182 cm³/mol. The Labute approximate surface area is 299 Å². The number of carbonyl (C=O) groups excluding carboxylic acids is 9. The van der Waals surface area contributed by atoms with Crippen molar-refractivity contribution in [2.45, 2.75) is 115 Å². The number of nitrogens with zero attached hydrogens (tertiary/aromatic N) is 2. The molecule has 4 atom stereocenters. The van der Waals surface area contributed by atoms with Crippen molar-refractivity contribution < 1.29 is 43.2 Å². The maximum absolute atomic E-state index is 13.7. The van der Waals surface area contributed by atoms with Gasteiger partial charge in [0.1, 0.15) is 29.9 Å². The predicted octanol–water partition coefficient (Wildman–Crippen LogP) is -1.09. The molecular formula is C33H46N8O9S. The Morgan fingerprint density at radius 2 is 1.69 bits per heavy atom. The molecule has 7 amide bonds. The number of Topliss-reactive ketones (excluding diaryl/α,β-unsaturated/α-hetero) is 2. The van der Waals surface area contributed by atoms with Gasteiger partial charge >= 0.3 is 0 Å². The summed E-state index contributed by atoms with van der Waals surface area (Å²) in [5.74, 6) is -6.41. The van der Waals surface area contributed by atoms with Crippen molar-refractivity contribution in [1.29, 1.82) is 0 Å². The fourth-order valence-corrected chi connectivity index (χ4v) is 6.81. The van der Waals surface area contributed by atoms with Gasteiger partial charge in [-0.25, -0.2) is 4.98 Å². The van der Waals surface area contributed by atoms with Crippen molar-refractivity contribution in [3.8, 4) is 0 Å². The smallest absolute Gasteiger partial charge is 0.287 e. The van der Waals surface area contributed by atoms with E-state index in [1.807, 2.05) is 0 Å². The van der Waals surface area contributed by atoms with Gasteiger partial charge in [0.2, 0.25) is 35.3 Å². The van der Waals surface area contributed by atoms with Crippen LogP contribution in [0.1, 0.15) is 93.0 Å². The molecule has 0 spiro atoms. The monoisotopic (exact) mass is 730 g/mol. The van der Waals surface area contributed by atoms with Crippen LogP contribution in [0.15, 0.2) is 5.38 Å². The first-order valence-electron chi connectivity index (χ1n) is 17.3.